The Balaban J connectivity index is 2.61. The summed E-state index contributed by atoms with van der Waals surface area (Å²) in [5.74, 6) is 0.333. The Morgan fingerprint density at radius 3 is 2.67 bits per heavy atom. The molecule has 0 bridgehead atoms. The average molecular weight is 211 g/mol. The standard InChI is InChI=1S/C9H13N3O3/c1-9(2,10)6-15-8-4-3-7(5-11-8)12(13)14/h3-5H,6,10H2,1-2H3. The van der Waals surface area contributed by atoms with Crippen molar-refractivity contribution in [2.24, 2.45) is 5.73 Å². The predicted molar refractivity (Wildman–Crippen MR) is 54.7 cm³/mol. The number of nitrogens with zero attached hydrogens (tertiary/aromatic N) is 2. The highest BCUT2D eigenvalue weighted by Crippen LogP contribution is 2.14. The zero-order chi connectivity index (χ0) is 11.5. The third-order valence-corrected chi connectivity index (χ3v) is 1.52. The lowest BCUT2D eigenvalue weighted by Gasteiger charge is -2.18. The Kier molecular flexibility index (Phi) is 3.21. The molecule has 6 nitrogen and oxygen atoms in total. The summed E-state index contributed by atoms with van der Waals surface area (Å²) < 4.78 is 5.25. The van der Waals surface area contributed by atoms with Crippen LogP contribution in [-0.2, 0) is 0 Å². The molecule has 0 amide bonds. The lowest BCUT2D eigenvalue weighted by Crippen LogP contribution is -2.38. The molecule has 0 unspecified atom stereocenters. The van der Waals surface area contributed by atoms with Gasteiger partial charge in [-0.1, -0.05) is 0 Å². The van der Waals surface area contributed by atoms with E-state index in [1.165, 1.54) is 12.1 Å². The fourth-order valence-electron chi connectivity index (χ4n) is 0.826. The van der Waals surface area contributed by atoms with Gasteiger partial charge in [-0.25, -0.2) is 4.98 Å². The average Bonchev–Trinajstić information content (AvgIpc) is 2.14. The van der Waals surface area contributed by atoms with E-state index in [0.717, 1.165) is 6.20 Å². The van der Waals surface area contributed by atoms with E-state index in [0.29, 0.717) is 12.5 Å². The Bertz CT molecular complexity index is 343. The first-order chi connectivity index (χ1) is 6.88. The fourth-order valence-corrected chi connectivity index (χ4v) is 0.826. The van der Waals surface area contributed by atoms with Crippen molar-refractivity contribution in [2.75, 3.05) is 6.61 Å². The van der Waals surface area contributed by atoms with E-state index in [1.807, 2.05) is 13.8 Å². The predicted octanol–water partition coefficient (Wildman–Crippen LogP) is 1.11. The number of rotatable bonds is 4. The Hall–Kier alpha value is -1.69. The summed E-state index contributed by atoms with van der Waals surface area (Å²) in [6, 6.07) is 2.79. The minimum absolute atomic E-state index is 0.0608. The van der Waals surface area contributed by atoms with Crippen LogP contribution in [0.1, 0.15) is 13.8 Å². The van der Waals surface area contributed by atoms with E-state index in [2.05, 4.69) is 4.98 Å². The molecule has 0 saturated carbocycles. The van der Waals surface area contributed by atoms with Crippen LogP contribution in [0.2, 0.25) is 0 Å². The number of hydrogen-bond donors (Lipinski definition) is 1. The topological polar surface area (TPSA) is 91.3 Å². The zero-order valence-electron chi connectivity index (χ0n) is 8.64. The summed E-state index contributed by atoms with van der Waals surface area (Å²) in [5.41, 5.74) is 5.18. The molecule has 1 heterocycles. The van der Waals surface area contributed by atoms with Crippen molar-refractivity contribution in [3.8, 4) is 5.88 Å². The number of aromatic nitrogens is 1. The van der Waals surface area contributed by atoms with E-state index in [9.17, 15) is 10.1 Å². The molecule has 2 N–H and O–H groups in total. The summed E-state index contributed by atoms with van der Waals surface area (Å²) in [6.07, 6.45) is 1.15. The van der Waals surface area contributed by atoms with Crippen molar-refractivity contribution in [2.45, 2.75) is 19.4 Å². The van der Waals surface area contributed by atoms with Crippen LogP contribution in [0.4, 0.5) is 5.69 Å². The lowest BCUT2D eigenvalue weighted by molar-refractivity contribution is -0.385. The first-order valence-electron chi connectivity index (χ1n) is 4.40. The SMILES string of the molecule is CC(C)(N)COc1ccc([N+](=O)[O-])cn1. The number of nitro groups is 1. The van der Waals surface area contributed by atoms with Gasteiger partial charge in [0.25, 0.3) is 5.69 Å². The van der Waals surface area contributed by atoms with Crippen LogP contribution in [-0.4, -0.2) is 22.1 Å². The minimum atomic E-state index is -0.510. The van der Waals surface area contributed by atoms with Crippen LogP contribution in [0.15, 0.2) is 18.3 Å². The third-order valence-electron chi connectivity index (χ3n) is 1.52. The van der Waals surface area contributed by atoms with Crippen molar-refractivity contribution in [3.05, 3.63) is 28.4 Å². The van der Waals surface area contributed by atoms with Gasteiger partial charge in [-0.3, -0.25) is 10.1 Å². The molecule has 0 aliphatic rings. The van der Waals surface area contributed by atoms with Gasteiger partial charge >= 0.3 is 0 Å². The molecule has 1 rings (SSSR count). The zero-order valence-corrected chi connectivity index (χ0v) is 8.64. The molecule has 15 heavy (non-hydrogen) atoms. The summed E-state index contributed by atoms with van der Waals surface area (Å²) in [5, 5.41) is 10.3. The van der Waals surface area contributed by atoms with Gasteiger partial charge in [0, 0.05) is 17.7 Å². The largest absolute Gasteiger partial charge is 0.476 e. The third kappa shape index (κ3) is 3.90. The molecule has 0 aromatic carbocycles. The van der Waals surface area contributed by atoms with E-state index < -0.39 is 10.5 Å². The molecule has 0 aliphatic carbocycles. The Morgan fingerprint density at radius 2 is 2.27 bits per heavy atom. The molecule has 1 aromatic heterocycles. The number of ether oxygens (including phenoxy) is 1. The molecule has 82 valence electrons. The van der Waals surface area contributed by atoms with Crippen LogP contribution >= 0.6 is 0 Å². The highest BCUT2D eigenvalue weighted by molar-refractivity contribution is 5.28. The van der Waals surface area contributed by atoms with Crippen LogP contribution in [0, 0.1) is 10.1 Å². The first kappa shape index (κ1) is 11.4. The van der Waals surface area contributed by atoms with Crippen LogP contribution in [0.25, 0.3) is 0 Å². The molecule has 6 heteroatoms. The molecule has 0 atom stereocenters. The van der Waals surface area contributed by atoms with Crippen molar-refractivity contribution in [1.82, 2.24) is 4.98 Å². The highest BCUT2D eigenvalue weighted by Gasteiger charge is 2.12. The molecule has 0 radical (unpaired) electrons. The maximum absolute atomic E-state index is 10.3. The normalized spacial score (nSPS) is 11.1. The molecule has 1 aromatic rings. The number of nitrogens with two attached hydrogens (primary N) is 1. The highest BCUT2D eigenvalue weighted by atomic mass is 16.6. The minimum Gasteiger partial charge on any atom is -0.476 e. The van der Waals surface area contributed by atoms with Crippen LogP contribution in [0.5, 0.6) is 5.88 Å². The van der Waals surface area contributed by atoms with E-state index in [4.69, 9.17) is 10.5 Å². The molecule has 0 fully saturated rings. The summed E-state index contributed by atoms with van der Waals surface area (Å²) in [7, 11) is 0. The smallest absolute Gasteiger partial charge is 0.287 e. The summed E-state index contributed by atoms with van der Waals surface area (Å²) in [4.78, 5) is 13.6. The van der Waals surface area contributed by atoms with Gasteiger partial charge in [0.05, 0.1) is 4.92 Å². The van der Waals surface area contributed by atoms with Crippen molar-refractivity contribution in [1.29, 1.82) is 0 Å². The summed E-state index contributed by atoms with van der Waals surface area (Å²) >= 11 is 0. The van der Waals surface area contributed by atoms with Gasteiger partial charge in [-0.2, -0.15) is 0 Å². The first-order valence-corrected chi connectivity index (χ1v) is 4.40. The lowest BCUT2D eigenvalue weighted by atomic mass is 10.1. The van der Waals surface area contributed by atoms with Crippen LogP contribution in [0.3, 0.4) is 0 Å². The van der Waals surface area contributed by atoms with Crippen molar-refractivity contribution < 1.29 is 9.66 Å². The van der Waals surface area contributed by atoms with E-state index in [1.54, 1.807) is 0 Å². The fraction of sp³-hybridized carbons (Fsp3) is 0.444. The monoisotopic (exact) mass is 211 g/mol. The second-order valence-electron chi connectivity index (χ2n) is 3.89. The van der Waals surface area contributed by atoms with Gasteiger partial charge in [-0.15, -0.1) is 0 Å². The van der Waals surface area contributed by atoms with Crippen molar-refractivity contribution >= 4 is 5.69 Å². The van der Waals surface area contributed by atoms with Crippen LogP contribution < -0.4 is 10.5 Å². The molecule has 0 saturated heterocycles. The summed E-state index contributed by atoms with van der Waals surface area (Å²) in [6.45, 7) is 3.94. The van der Waals surface area contributed by atoms with Gasteiger partial charge in [0.2, 0.25) is 5.88 Å². The Labute approximate surface area is 87.2 Å². The van der Waals surface area contributed by atoms with E-state index >= 15 is 0 Å². The molecular formula is C9H13N3O3. The quantitative estimate of drug-likeness (QED) is 0.594. The van der Waals surface area contributed by atoms with Crippen molar-refractivity contribution in [3.63, 3.8) is 0 Å². The maximum atomic E-state index is 10.3. The number of hydrogen-bond acceptors (Lipinski definition) is 5. The second kappa shape index (κ2) is 4.22. The number of pyridine rings is 1. The Morgan fingerprint density at radius 1 is 1.60 bits per heavy atom. The van der Waals surface area contributed by atoms with E-state index in [-0.39, 0.29) is 5.69 Å². The van der Waals surface area contributed by atoms with Gasteiger partial charge in [0.15, 0.2) is 0 Å². The van der Waals surface area contributed by atoms with Gasteiger partial charge in [0.1, 0.15) is 12.8 Å². The molecule has 0 aliphatic heterocycles. The maximum Gasteiger partial charge on any atom is 0.287 e. The molecular weight excluding hydrogens is 198 g/mol. The van der Waals surface area contributed by atoms with Gasteiger partial charge < -0.3 is 10.5 Å². The van der Waals surface area contributed by atoms with Gasteiger partial charge in [-0.05, 0) is 13.8 Å². The molecule has 0 spiro atoms. The second-order valence-corrected chi connectivity index (χ2v) is 3.89.